The zero-order chi connectivity index (χ0) is 9.84. The summed E-state index contributed by atoms with van der Waals surface area (Å²) < 4.78 is 12.4. The third-order valence-corrected chi connectivity index (χ3v) is 1.48. The summed E-state index contributed by atoms with van der Waals surface area (Å²) in [4.78, 5) is 10.9. The molecule has 13 heavy (non-hydrogen) atoms. The van der Waals surface area contributed by atoms with E-state index >= 15 is 0 Å². The minimum atomic E-state index is -0.674. The van der Waals surface area contributed by atoms with Crippen molar-refractivity contribution < 1.29 is 14.4 Å². The Balaban J connectivity index is 2.83. The Labute approximate surface area is 74.5 Å². The van der Waals surface area contributed by atoms with Crippen LogP contribution >= 0.6 is 0 Å². The first-order chi connectivity index (χ1) is 6.15. The minimum Gasteiger partial charge on any atom is -0.339 e. The smallest absolute Gasteiger partial charge is 0.339 e. The Bertz CT molecular complexity index is 300. The minimum absolute atomic E-state index is 0.209. The van der Waals surface area contributed by atoms with Gasteiger partial charge in [0.05, 0.1) is 5.69 Å². The lowest BCUT2D eigenvalue weighted by molar-refractivity contribution is 0.206. The lowest BCUT2D eigenvalue weighted by atomic mass is 10.3. The summed E-state index contributed by atoms with van der Waals surface area (Å²) in [6, 6.07) is 4.23. The van der Waals surface area contributed by atoms with Crippen LogP contribution < -0.4 is 10.4 Å². The third kappa shape index (κ3) is 2.16. The highest BCUT2D eigenvalue weighted by atomic mass is 19.1. The van der Waals surface area contributed by atoms with Crippen LogP contribution in [-0.4, -0.2) is 18.3 Å². The highest BCUT2D eigenvalue weighted by molar-refractivity contribution is 5.89. The molecule has 0 radical (unpaired) electrons. The first-order valence-corrected chi connectivity index (χ1v) is 3.61. The number of nitrogens with zero attached hydrogens (tertiary/aromatic N) is 1. The molecule has 0 aliphatic heterocycles. The average molecular weight is 184 g/mol. The monoisotopic (exact) mass is 184 g/mol. The molecule has 2 amide bonds. The summed E-state index contributed by atoms with van der Waals surface area (Å²) in [5.74, 6) is -0.422. The summed E-state index contributed by atoms with van der Waals surface area (Å²) in [7, 11) is 1.38. The van der Waals surface area contributed by atoms with E-state index in [0.29, 0.717) is 5.06 Å². The predicted molar refractivity (Wildman–Crippen MR) is 45.1 cm³/mol. The topological polar surface area (TPSA) is 52.6 Å². The van der Waals surface area contributed by atoms with Crippen molar-refractivity contribution in [3.8, 4) is 0 Å². The maximum absolute atomic E-state index is 12.4. The number of halogens is 1. The number of amides is 2. The van der Waals surface area contributed by atoms with Gasteiger partial charge in [0, 0.05) is 7.05 Å². The maximum atomic E-state index is 12.4. The van der Waals surface area contributed by atoms with Crippen molar-refractivity contribution in [3.05, 3.63) is 30.1 Å². The molecule has 0 aromatic heterocycles. The van der Waals surface area contributed by atoms with Crippen molar-refractivity contribution in [3.63, 3.8) is 0 Å². The molecule has 0 aliphatic rings. The number of anilines is 1. The molecule has 0 fully saturated rings. The Kier molecular flexibility index (Phi) is 2.81. The van der Waals surface area contributed by atoms with Crippen LogP contribution in [0.1, 0.15) is 0 Å². The number of hydroxylamine groups is 1. The number of benzene rings is 1. The fourth-order valence-corrected chi connectivity index (χ4v) is 0.805. The molecular formula is C8H9FN2O2. The van der Waals surface area contributed by atoms with Gasteiger partial charge in [-0.2, -0.15) is 5.06 Å². The first-order valence-electron chi connectivity index (χ1n) is 3.61. The third-order valence-electron chi connectivity index (χ3n) is 1.48. The van der Waals surface area contributed by atoms with Gasteiger partial charge in [0.2, 0.25) is 0 Å². The summed E-state index contributed by atoms with van der Waals surface area (Å²) in [5.41, 5.74) is 0.209. The number of carbonyl (C=O) groups excluding carboxylic acids is 1. The number of nitrogens with one attached hydrogen (secondary N) is 1. The fourth-order valence-electron chi connectivity index (χ4n) is 0.805. The highest BCUT2D eigenvalue weighted by Crippen LogP contribution is 2.12. The molecule has 70 valence electrons. The van der Waals surface area contributed by atoms with Crippen LogP contribution in [0.15, 0.2) is 24.3 Å². The summed E-state index contributed by atoms with van der Waals surface area (Å²) in [6.07, 6.45) is 0. The molecule has 0 saturated heterocycles. The van der Waals surface area contributed by atoms with Gasteiger partial charge in [-0.1, -0.05) is 0 Å². The molecule has 1 aromatic carbocycles. The molecular weight excluding hydrogens is 175 g/mol. The van der Waals surface area contributed by atoms with Crippen molar-refractivity contribution in [2.75, 3.05) is 12.1 Å². The van der Waals surface area contributed by atoms with Gasteiger partial charge in [-0.25, -0.2) is 9.18 Å². The number of hydrogen-bond donors (Lipinski definition) is 2. The van der Waals surface area contributed by atoms with Crippen molar-refractivity contribution in [2.24, 2.45) is 0 Å². The van der Waals surface area contributed by atoms with Crippen molar-refractivity contribution in [1.29, 1.82) is 0 Å². The van der Waals surface area contributed by atoms with Crippen molar-refractivity contribution in [2.45, 2.75) is 0 Å². The Morgan fingerprint density at radius 3 is 2.46 bits per heavy atom. The molecule has 0 saturated carbocycles. The number of carbonyl (C=O) groups is 1. The van der Waals surface area contributed by atoms with Crippen LogP contribution in [0.5, 0.6) is 0 Å². The van der Waals surface area contributed by atoms with Gasteiger partial charge < -0.3 is 5.32 Å². The number of rotatable bonds is 1. The van der Waals surface area contributed by atoms with E-state index in [1.807, 2.05) is 0 Å². The molecule has 1 rings (SSSR count). The fraction of sp³-hybridized carbons (Fsp3) is 0.125. The van der Waals surface area contributed by atoms with E-state index < -0.39 is 11.8 Å². The predicted octanol–water partition coefficient (Wildman–Crippen LogP) is 1.36. The molecule has 0 atom stereocenters. The van der Waals surface area contributed by atoms with E-state index in [1.165, 1.54) is 19.2 Å². The molecule has 0 aliphatic carbocycles. The Hall–Kier alpha value is -1.62. The lowest BCUT2D eigenvalue weighted by Gasteiger charge is -2.13. The van der Waals surface area contributed by atoms with E-state index in [1.54, 1.807) is 0 Å². The van der Waals surface area contributed by atoms with Crippen LogP contribution in [0.25, 0.3) is 0 Å². The lowest BCUT2D eigenvalue weighted by Crippen LogP contribution is -2.35. The largest absolute Gasteiger partial charge is 0.345 e. The molecule has 0 unspecified atom stereocenters. The van der Waals surface area contributed by atoms with Gasteiger partial charge in [-0.05, 0) is 24.3 Å². The van der Waals surface area contributed by atoms with Crippen LogP contribution in [0.3, 0.4) is 0 Å². The summed E-state index contributed by atoms with van der Waals surface area (Å²) >= 11 is 0. The first kappa shape index (κ1) is 9.47. The standard InChI is InChI=1S/C8H9FN2O2/c1-10-8(12)11(13)7-4-2-6(9)3-5-7/h2-5,13H,1H3,(H,10,12). The average Bonchev–Trinajstić information content (AvgIpc) is 2.17. The summed E-state index contributed by atoms with van der Waals surface area (Å²) in [6.45, 7) is 0. The molecule has 4 nitrogen and oxygen atoms in total. The maximum Gasteiger partial charge on any atom is 0.345 e. The van der Waals surface area contributed by atoms with E-state index in [-0.39, 0.29) is 5.69 Å². The van der Waals surface area contributed by atoms with Crippen LogP contribution in [0.2, 0.25) is 0 Å². The Morgan fingerprint density at radius 1 is 1.46 bits per heavy atom. The second-order valence-electron chi connectivity index (χ2n) is 2.34. The number of urea groups is 1. The second-order valence-corrected chi connectivity index (χ2v) is 2.34. The van der Waals surface area contributed by atoms with Crippen molar-refractivity contribution >= 4 is 11.7 Å². The van der Waals surface area contributed by atoms with Gasteiger partial charge in [0.15, 0.2) is 0 Å². The van der Waals surface area contributed by atoms with Gasteiger partial charge in [-0.3, -0.25) is 5.21 Å². The van der Waals surface area contributed by atoms with Crippen LogP contribution in [0.4, 0.5) is 14.9 Å². The zero-order valence-corrected chi connectivity index (χ0v) is 6.99. The second kappa shape index (κ2) is 3.86. The molecule has 1 aromatic rings. The normalized spacial score (nSPS) is 9.46. The highest BCUT2D eigenvalue weighted by Gasteiger charge is 2.09. The van der Waals surface area contributed by atoms with Crippen molar-refractivity contribution in [1.82, 2.24) is 5.32 Å². The molecule has 0 spiro atoms. The number of hydrogen-bond acceptors (Lipinski definition) is 2. The quantitative estimate of drug-likeness (QED) is 0.511. The Morgan fingerprint density at radius 2 is 2.00 bits per heavy atom. The van der Waals surface area contributed by atoms with E-state index in [4.69, 9.17) is 0 Å². The molecule has 2 N–H and O–H groups in total. The molecule has 5 heteroatoms. The van der Waals surface area contributed by atoms with Gasteiger partial charge >= 0.3 is 6.03 Å². The van der Waals surface area contributed by atoms with Gasteiger partial charge in [0.1, 0.15) is 5.82 Å². The van der Waals surface area contributed by atoms with Crippen LogP contribution in [-0.2, 0) is 0 Å². The van der Waals surface area contributed by atoms with Gasteiger partial charge in [0.25, 0.3) is 0 Å². The van der Waals surface area contributed by atoms with E-state index in [0.717, 1.165) is 12.1 Å². The van der Waals surface area contributed by atoms with Gasteiger partial charge in [-0.15, -0.1) is 0 Å². The summed E-state index contributed by atoms with van der Waals surface area (Å²) in [5, 5.41) is 11.8. The van der Waals surface area contributed by atoms with Crippen LogP contribution in [0, 0.1) is 5.82 Å². The molecule has 0 bridgehead atoms. The molecule has 0 heterocycles. The zero-order valence-electron chi connectivity index (χ0n) is 6.99. The SMILES string of the molecule is CNC(=O)N(O)c1ccc(F)cc1. The van der Waals surface area contributed by atoms with E-state index in [2.05, 4.69) is 5.32 Å². The van der Waals surface area contributed by atoms with E-state index in [9.17, 15) is 14.4 Å².